The van der Waals surface area contributed by atoms with E-state index >= 15 is 0 Å². The van der Waals surface area contributed by atoms with Crippen LogP contribution < -0.4 is 14.8 Å². The van der Waals surface area contributed by atoms with Gasteiger partial charge in [-0.2, -0.15) is 13.2 Å². The molecule has 8 nitrogen and oxygen atoms in total. The standard InChI is InChI=1S/C26H27F3N4O4/c1-2-21(34)32-11-4-3-8-18(15-32)33-22-19(9-10-20-23(22)37-13-12-36-20)30-25(33)31-24(35)16-6-5-7-17(14-16)26(27,28)29/h2,5-7,9-10,14,18,21,34H,1,3-4,8,11-13,15H2,(H,30,31,35). The molecule has 11 heteroatoms. The number of imidazole rings is 1. The minimum atomic E-state index is -4.57. The summed E-state index contributed by atoms with van der Waals surface area (Å²) in [4.78, 5) is 19.6. The second-order valence-corrected chi connectivity index (χ2v) is 9.09. The summed E-state index contributed by atoms with van der Waals surface area (Å²) >= 11 is 0. The number of carbonyl (C=O) groups excluding carboxylic acids is 1. The van der Waals surface area contributed by atoms with Crippen molar-refractivity contribution < 1.29 is 32.5 Å². The number of ether oxygens (including phenoxy) is 2. The van der Waals surface area contributed by atoms with Crippen LogP contribution in [-0.4, -0.2) is 58.0 Å². The van der Waals surface area contributed by atoms with Gasteiger partial charge in [-0.3, -0.25) is 15.0 Å². The van der Waals surface area contributed by atoms with Gasteiger partial charge in [0.1, 0.15) is 25.0 Å². The van der Waals surface area contributed by atoms with Crippen molar-refractivity contribution in [3.05, 3.63) is 60.2 Å². The molecule has 2 aromatic carbocycles. The van der Waals surface area contributed by atoms with Gasteiger partial charge in [0.25, 0.3) is 5.91 Å². The number of aromatic nitrogens is 2. The summed E-state index contributed by atoms with van der Waals surface area (Å²) in [5.41, 5.74) is 0.117. The fraction of sp³-hybridized carbons (Fsp3) is 0.385. The quantitative estimate of drug-likeness (QED) is 0.482. The summed E-state index contributed by atoms with van der Waals surface area (Å²) in [5, 5.41) is 13.2. The lowest BCUT2D eigenvalue weighted by molar-refractivity contribution is -0.137. The molecule has 2 N–H and O–H groups in total. The number of benzene rings is 2. The van der Waals surface area contributed by atoms with Crippen LogP contribution in [0.3, 0.4) is 0 Å². The predicted molar refractivity (Wildman–Crippen MR) is 131 cm³/mol. The fourth-order valence-electron chi connectivity index (χ4n) is 4.89. The zero-order chi connectivity index (χ0) is 26.2. The maximum absolute atomic E-state index is 13.2. The Bertz CT molecular complexity index is 1320. The molecular weight excluding hydrogens is 489 g/mol. The van der Waals surface area contributed by atoms with Crippen LogP contribution in [0, 0.1) is 0 Å². The lowest BCUT2D eigenvalue weighted by atomic mass is 10.1. The van der Waals surface area contributed by atoms with Crippen LogP contribution in [0.2, 0.25) is 0 Å². The molecule has 2 atom stereocenters. The monoisotopic (exact) mass is 516 g/mol. The van der Waals surface area contributed by atoms with E-state index in [2.05, 4.69) is 16.9 Å². The van der Waals surface area contributed by atoms with Crippen molar-refractivity contribution in [2.24, 2.45) is 0 Å². The first-order chi connectivity index (χ1) is 17.8. The van der Waals surface area contributed by atoms with Gasteiger partial charge in [-0.05, 0) is 49.2 Å². The van der Waals surface area contributed by atoms with E-state index in [0.29, 0.717) is 48.8 Å². The Balaban J connectivity index is 1.59. The summed E-state index contributed by atoms with van der Waals surface area (Å²) in [6.45, 7) is 5.54. The van der Waals surface area contributed by atoms with E-state index in [9.17, 15) is 23.1 Å². The Morgan fingerprint density at radius 2 is 2.03 bits per heavy atom. The number of alkyl halides is 3. The van der Waals surface area contributed by atoms with Crippen LogP contribution >= 0.6 is 0 Å². The molecule has 1 saturated heterocycles. The zero-order valence-electron chi connectivity index (χ0n) is 20.0. The first kappa shape index (κ1) is 25.1. The number of halogens is 3. The Morgan fingerprint density at radius 3 is 2.81 bits per heavy atom. The van der Waals surface area contributed by atoms with Gasteiger partial charge in [-0.15, -0.1) is 0 Å². The Kier molecular flexibility index (Phi) is 6.82. The molecular formula is C26H27F3N4O4. The number of likely N-dealkylation sites (tertiary alicyclic amines) is 1. The number of rotatable bonds is 5. The normalized spacial score (nSPS) is 19.3. The number of anilines is 1. The highest BCUT2D eigenvalue weighted by molar-refractivity contribution is 6.04. The van der Waals surface area contributed by atoms with Gasteiger partial charge in [-0.1, -0.05) is 19.1 Å². The first-order valence-corrected chi connectivity index (χ1v) is 12.1. The van der Waals surface area contributed by atoms with Crippen LogP contribution in [0.1, 0.15) is 41.2 Å². The van der Waals surface area contributed by atoms with Gasteiger partial charge in [0, 0.05) is 18.7 Å². The zero-order valence-corrected chi connectivity index (χ0v) is 20.0. The van der Waals surface area contributed by atoms with Gasteiger partial charge in [-0.25, -0.2) is 4.98 Å². The molecule has 0 radical (unpaired) electrons. The smallest absolute Gasteiger partial charge is 0.416 e. The molecule has 0 aliphatic carbocycles. The number of carbonyl (C=O) groups is 1. The van der Waals surface area contributed by atoms with Crippen molar-refractivity contribution >= 4 is 22.9 Å². The SMILES string of the molecule is C=CC(O)N1CCCCC(n2c(NC(=O)c3cccc(C(F)(F)F)c3)nc3ccc4c(c32)OCCO4)C1. The molecule has 0 bridgehead atoms. The molecule has 5 rings (SSSR count). The fourth-order valence-corrected chi connectivity index (χ4v) is 4.89. The largest absolute Gasteiger partial charge is 0.486 e. The van der Waals surface area contributed by atoms with Gasteiger partial charge >= 0.3 is 6.18 Å². The number of hydrogen-bond donors (Lipinski definition) is 2. The third kappa shape index (κ3) is 5.01. The second-order valence-electron chi connectivity index (χ2n) is 9.09. The Morgan fingerprint density at radius 1 is 1.22 bits per heavy atom. The molecule has 1 fully saturated rings. The summed E-state index contributed by atoms with van der Waals surface area (Å²) in [5.74, 6) is 0.508. The number of nitrogens with one attached hydrogen (secondary N) is 1. The van der Waals surface area contributed by atoms with E-state index in [1.807, 2.05) is 9.47 Å². The topological polar surface area (TPSA) is 88.9 Å². The number of hydrogen-bond acceptors (Lipinski definition) is 6. The van der Waals surface area contributed by atoms with E-state index < -0.39 is 23.9 Å². The van der Waals surface area contributed by atoms with Crippen molar-refractivity contribution in [3.63, 3.8) is 0 Å². The number of amides is 1. The van der Waals surface area contributed by atoms with Crippen molar-refractivity contribution in [2.75, 3.05) is 31.6 Å². The minimum Gasteiger partial charge on any atom is -0.486 e. The lowest BCUT2D eigenvalue weighted by Crippen LogP contribution is -2.37. The second kappa shape index (κ2) is 10.1. The van der Waals surface area contributed by atoms with E-state index in [-0.39, 0.29) is 17.6 Å². The number of nitrogens with zero attached hydrogens (tertiary/aromatic N) is 3. The molecule has 2 aliphatic heterocycles. The molecule has 2 aliphatic rings. The summed E-state index contributed by atoms with van der Waals surface area (Å²) in [6.07, 6.45) is -1.51. The van der Waals surface area contributed by atoms with E-state index in [1.165, 1.54) is 18.2 Å². The van der Waals surface area contributed by atoms with Crippen LogP contribution in [-0.2, 0) is 6.18 Å². The number of fused-ring (bicyclic) bond motifs is 3. The van der Waals surface area contributed by atoms with Gasteiger partial charge < -0.3 is 19.1 Å². The average Bonchev–Trinajstić information content (AvgIpc) is 3.08. The highest BCUT2D eigenvalue weighted by Crippen LogP contribution is 2.42. The summed E-state index contributed by atoms with van der Waals surface area (Å²) < 4.78 is 53.2. The third-order valence-corrected chi connectivity index (χ3v) is 6.66. The summed E-state index contributed by atoms with van der Waals surface area (Å²) in [6, 6.07) is 7.53. The van der Waals surface area contributed by atoms with Crippen LogP contribution in [0.5, 0.6) is 11.5 Å². The van der Waals surface area contributed by atoms with Crippen molar-refractivity contribution in [1.29, 1.82) is 0 Å². The van der Waals surface area contributed by atoms with Crippen molar-refractivity contribution in [2.45, 2.75) is 37.7 Å². The third-order valence-electron chi connectivity index (χ3n) is 6.66. The minimum absolute atomic E-state index is 0.139. The van der Waals surface area contributed by atoms with Gasteiger partial charge in [0.15, 0.2) is 11.5 Å². The molecule has 196 valence electrons. The molecule has 1 amide bonds. The molecule has 2 unspecified atom stereocenters. The van der Waals surface area contributed by atoms with Crippen LogP contribution in [0.15, 0.2) is 49.1 Å². The van der Waals surface area contributed by atoms with E-state index in [4.69, 9.17) is 9.47 Å². The van der Waals surface area contributed by atoms with E-state index in [1.54, 1.807) is 12.1 Å². The van der Waals surface area contributed by atoms with Crippen molar-refractivity contribution in [3.8, 4) is 11.5 Å². The first-order valence-electron chi connectivity index (χ1n) is 12.1. The molecule has 3 heterocycles. The van der Waals surface area contributed by atoms with Gasteiger partial charge in [0.2, 0.25) is 5.95 Å². The Hall–Kier alpha value is -3.57. The van der Waals surface area contributed by atoms with Crippen molar-refractivity contribution in [1.82, 2.24) is 14.5 Å². The molecule has 0 saturated carbocycles. The highest BCUT2D eigenvalue weighted by Gasteiger charge is 2.32. The molecule has 0 spiro atoms. The van der Waals surface area contributed by atoms with Crippen LogP contribution in [0.25, 0.3) is 11.0 Å². The predicted octanol–water partition coefficient (Wildman–Crippen LogP) is 4.61. The summed E-state index contributed by atoms with van der Waals surface area (Å²) in [7, 11) is 0. The van der Waals surface area contributed by atoms with Gasteiger partial charge in [0.05, 0.1) is 17.1 Å². The average molecular weight is 517 g/mol. The lowest BCUT2D eigenvalue weighted by Gasteiger charge is -2.29. The number of aliphatic hydroxyl groups excluding tert-OH is 1. The Labute approximate surface area is 211 Å². The molecule has 3 aromatic rings. The number of aliphatic hydroxyl groups is 1. The maximum Gasteiger partial charge on any atom is 0.416 e. The molecule has 37 heavy (non-hydrogen) atoms. The maximum atomic E-state index is 13.2. The molecule has 1 aromatic heterocycles. The van der Waals surface area contributed by atoms with Crippen LogP contribution in [0.4, 0.5) is 19.1 Å². The van der Waals surface area contributed by atoms with E-state index in [0.717, 1.165) is 31.4 Å². The highest BCUT2D eigenvalue weighted by atomic mass is 19.4.